The first-order valence-corrected chi connectivity index (χ1v) is 7.66. The van der Waals surface area contributed by atoms with Crippen molar-refractivity contribution in [3.8, 4) is 5.75 Å². The third kappa shape index (κ3) is 4.85. The molecule has 2 rings (SSSR count). The number of benzene rings is 1. The summed E-state index contributed by atoms with van der Waals surface area (Å²) in [5, 5.41) is 2.75. The van der Waals surface area contributed by atoms with Gasteiger partial charge in [0.15, 0.2) is 0 Å². The quantitative estimate of drug-likeness (QED) is 0.752. The van der Waals surface area contributed by atoms with Crippen molar-refractivity contribution in [2.24, 2.45) is 0 Å². The maximum atomic E-state index is 12.1. The predicted octanol–water partition coefficient (Wildman–Crippen LogP) is -0.329. The number of methoxy groups -OCH3 is 1. The van der Waals surface area contributed by atoms with Crippen LogP contribution in [-0.2, 0) is 9.53 Å². The number of carbonyl (C=O) groups excluding carboxylic acids is 2. The van der Waals surface area contributed by atoms with Crippen LogP contribution < -0.4 is 19.9 Å². The highest BCUT2D eigenvalue weighted by molar-refractivity contribution is 5.96. The lowest BCUT2D eigenvalue weighted by atomic mass is 10.2. The van der Waals surface area contributed by atoms with Crippen LogP contribution >= 0.6 is 0 Å². The molecule has 0 radical (unpaired) electrons. The SMILES string of the molecule is COc1ccc(N2C[C@@H](NC(=O)OCC[NH+](C)C)CC2=O)cc1. The van der Waals surface area contributed by atoms with Gasteiger partial charge >= 0.3 is 6.09 Å². The van der Waals surface area contributed by atoms with Crippen LogP contribution in [0, 0.1) is 0 Å². The van der Waals surface area contributed by atoms with Gasteiger partial charge in [-0.2, -0.15) is 0 Å². The average Bonchev–Trinajstić information content (AvgIpc) is 2.87. The van der Waals surface area contributed by atoms with Gasteiger partial charge in [0.25, 0.3) is 0 Å². The Morgan fingerprint density at radius 3 is 2.65 bits per heavy atom. The lowest BCUT2D eigenvalue weighted by molar-refractivity contribution is -0.858. The molecule has 23 heavy (non-hydrogen) atoms. The number of carbonyl (C=O) groups is 2. The summed E-state index contributed by atoms with van der Waals surface area (Å²) in [6.07, 6.45) is -0.194. The lowest BCUT2D eigenvalue weighted by Gasteiger charge is -2.17. The fraction of sp³-hybridized carbons (Fsp3) is 0.500. The summed E-state index contributed by atoms with van der Waals surface area (Å²) < 4.78 is 10.2. The molecule has 0 bridgehead atoms. The van der Waals surface area contributed by atoms with Crippen LogP contribution in [0.2, 0.25) is 0 Å². The largest absolute Gasteiger partial charge is 0.497 e. The van der Waals surface area contributed by atoms with Gasteiger partial charge in [-0.3, -0.25) is 4.79 Å². The molecule has 2 N–H and O–H groups in total. The molecule has 1 aromatic rings. The minimum atomic E-state index is -0.472. The van der Waals surface area contributed by atoms with Gasteiger partial charge in [-0.25, -0.2) is 4.79 Å². The topological polar surface area (TPSA) is 72.3 Å². The fourth-order valence-corrected chi connectivity index (χ4v) is 2.37. The van der Waals surface area contributed by atoms with Crippen LogP contribution in [0.25, 0.3) is 0 Å². The van der Waals surface area contributed by atoms with E-state index in [9.17, 15) is 9.59 Å². The van der Waals surface area contributed by atoms with Crippen LogP contribution in [0.1, 0.15) is 6.42 Å². The van der Waals surface area contributed by atoms with Crippen molar-refractivity contribution in [3.05, 3.63) is 24.3 Å². The third-order valence-corrected chi connectivity index (χ3v) is 3.67. The number of hydrogen-bond donors (Lipinski definition) is 2. The minimum Gasteiger partial charge on any atom is -0.497 e. The zero-order chi connectivity index (χ0) is 16.8. The zero-order valence-corrected chi connectivity index (χ0v) is 13.8. The maximum Gasteiger partial charge on any atom is 0.407 e. The third-order valence-electron chi connectivity index (χ3n) is 3.67. The fourth-order valence-electron chi connectivity index (χ4n) is 2.37. The Labute approximate surface area is 136 Å². The minimum absolute atomic E-state index is 0.0156. The Kier molecular flexibility index (Phi) is 5.81. The summed E-state index contributed by atoms with van der Waals surface area (Å²) in [7, 11) is 5.58. The second-order valence-electron chi connectivity index (χ2n) is 5.84. The van der Waals surface area contributed by atoms with Crippen molar-refractivity contribution < 1.29 is 24.0 Å². The molecule has 7 nitrogen and oxygen atoms in total. The molecular formula is C16H24N3O4+. The van der Waals surface area contributed by atoms with E-state index in [-0.39, 0.29) is 18.4 Å². The number of anilines is 1. The van der Waals surface area contributed by atoms with Gasteiger partial charge in [-0.1, -0.05) is 0 Å². The van der Waals surface area contributed by atoms with Crippen LogP contribution in [0.3, 0.4) is 0 Å². The summed E-state index contributed by atoms with van der Waals surface area (Å²) in [6.45, 7) is 1.55. The number of rotatable bonds is 6. The molecule has 2 amide bonds. The van der Waals surface area contributed by atoms with Crippen LogP contribution in [-0.4, -0.2) is 58.9 Å². The second kappa shape index (κ2) is 7.82. The van der Waals surface area contributed by atoms with E-state index in [4.69, 9.17) is 9.47 Å². The number of alkyl carbamates (subject to hydrolysis) is 1. The average molecular weight is 322 g/mol. The summed E-state index contributed by atoms with van der Waals surface area (Å²) >= 11 is 0. The van der Waals surface area contributed by atoms with E-state index in [1.54, 1.807) is 24.1 Å². The van der Waals surface area contributed by atoms with E-state index in [0.717, 1.165) is 18.0 Å². The Hall–Kier alpha value is -2.28. The van der Waals surface area contributed by atoms with E-state index >= 15 is 0 Å². The molecule has 1 atom stereocenters. The van der Waals surface area contributed by atoms with Gasteiger partial charge in [0.1, 0.15) is 18.9 Å². The molecule has 1 fully saturated rings. The monoisotopic (exact) mass is 322 g/mol. The second-order valence-corrected chi connectivity index (χ2v) is 5.84. The van der Waals surface area contributed by atoms with Gasteiger partial charge in [0.2, 0.25) is 5.91 Å². The molecule has 1 aliphatic heterocycles. The van der Waals surface area contributed by atoms with Gasteiger partial charge in [-0.05, 0) is 24.3 Å². The van der Waals surface area contributed by atoms with Gasteiger partial charge in [0, 0.05) is 18.7 Å². The highest BCUT2D eigenvalue weighted by atomic mass is 16.5. The van der Waals surface area contributed by atoms with Crippen LogP contribution in [0.15, 0.2) is 24.3 Å². The smallest absolute Gasteiger partial charge is 0.407 e. The Bertz CT molecular complexity index is 545. The summed E-state index contributed by atoms with van der Waals surface area (Å²) in [5.41, 5.74) is 0.796. The number of nitrogens with one attached hydrogen (secondary N) is 2. The Morgan fingerprint density at radius 1 is 1.35 bits per heavy atom. The van der Waals surface area contributed by atoms with E-state index in [1.165, 1.54) is 4.90 Å². The van der Waals surface area contributed by atoms with Crippen molar-refractivity contribution in [3.63, 3.8) is 0 Å². The van der Waals surface area contributed by atoms with Gasteiger partial charge < -0.3 is 24.6 Å². The molecule has 1 aliphatic rings. The molecule has 7 heteroatoms. The first-order chi connectivity index (χ1) is 11.0. The molecule has 1 saturated heterocycles. The van der Waals surface area contributed by atoms with Crippen molar-refractivity contribution in [2.45, 2.75) is 12.5 Å². The summed E-state index contributed by atoms with van der Waals surface area (Å²) in [5.74, 6) is 0.722. The first kappa shape index (κ1) is 17.1. The highest BCUT2D eigenvalue weighted by Crippen LogP contribution is 2.24. The van der Waals surface area contributed by atoms with E-state index in [2.05, 4.69) is 5.32 Å². The van der Waals surface area contributed by atoms with Crippen molar-refractivity contribution in [2.75, 3.05) is 45.8 Å². The summed E-state index contributed by atoms with van der Waals surface area (Å²) in [6, 6.07) is 7.04. The van der Waals surface area contributed by atoms with Gasteiger partial charge in [-0.15, -0.1) is 0 Å². The molecule has 0 unspecified atom stereocenters. The Morgan fingerprint density at radius 2 is 2.04 bits per heavy atom. The van der Waals surface area contributed by atoms with E-state index in [1.807, 2.05) is 26.2 Å². The maximum absolute atomic E-state index is 12.1. The number of ether oxygens (including phenoxy) is 2. The van der Waals surface area contributed by atoms with Gasteiger partial charge in [0.05, 0.1) is 27.2 Å². The molecule has 0 aliphatic carbocycles. The van der Waals surface area contributed by atoms with E-state index in [0.29, 0.717) is 13.2 Å². The standard InChI is InChI=1S/C16H23N3O4/c1-18(2)8-9-23-16(21)17-12-10-15(20)19(11-12)13-4-6-14(22-3)7-5-13/h4-7,12H,8-11H2,1-3H3,(H,17,21)/p+1/t12-/m0/s1. The van der Waals surface area contributed by atoms with Crippen molar-refractivity contribution in [1.82, 2.24) is 5.32 Å². The molecule has 1 heterocycles. The van der Waals surface area contributed by atoms with E-state index < -0.39 is 6.09 Å². The molecule has 1 aromatic carbocycles. The first-order valence-electron chi connectivity index (χ1n) is 7.66. The molecule has 0 saturated carbocycles. The van der Waals surface area contributed by atoms with Crippen molar-refractivity contribution >= 4 is 17.7 Å². The van der Waals surface area contributed by atoms with Crippen molar-refractivity contribution in [1.29, 1.82) is 0 Å². The number of hydrogen-bond acceptors (Lipinski definition) is 4. The molecule has 126 valence electrons. The normalized spacial score (nSPS) is 17.5. The Balaban J connectivity index is 1.85. The van der Waals surface area contributed by atoms with Crippen LogP contribution in [0.4, 0.5) is 10.5 Å². The number of amides is 2. The highest BCUT2D eigenvalue weighted by Gasteiger charge is 2.31. The van der Waals surface area contributed by atoms with Crippen LogP contribution in [0.5, 0.6) is 5.75 Å². The number of nitrogens with zero attached hydrogens (tertiary/aromatic N) is 1. The predicted molar refractivity (Wildman–Crippen MR) is 85.9 cm³/mol. The number of quaternary nitrogens is 1. The molecule has 0 spiro atoms. The molecular weight excluding hydrogens is 298 g/mol. The lowest BCUT2D eigenvalue weighted by Crippen LogP contribution is -3.06. The zero-order valence-electron chi connectivity index (χ0n) is 13.8. The molecule has 0 aromatic heterocycles. The number of likely N-dealkylation sites (N-methyl/N-ethyl adjacent to an activating group) is 1. The summed E-state index contributed by atoms with van der Waals surface area (Å²) in [4.78, 5) is 26.7.